The van der Waals surface area contributed by atoms with Crippen molar-refractivity contribution in [1.29, 1.82) is 0 Å². The topological polar surface area (TPSA) is 109 Å². The van der Waals surface area contributed by atoms with E-state index in [2.05, 4.69) is 20.7 Å². The standard InChI is InChI=1S/C23H22Cl2N4O4/c1-11-19(22(30)28-26-11)21(20-12(2)27-29-23(20)31)13-7-8-17(18(9-13)32-3)33-10-14-15(24)5-4-6-16(14)25/h4-9,19,21H,10H2,1-3H3,(H,28,30)(H2,27,29,31)/t19-,21+/m1/s1. The summed E-state index contributed by atoms with van der Waals surface area (Å²) in [5.74, 6) is -0.577. The van der Waals surface area contributed by atoms with Crippen molar-refractivity contribution < 1.29 is 14.3 Å². The molecule has 10 heteroatoms. The van der Waals surface area contributed by atoms with Crippen molar-refractivity contribution in [3.63, 3.8) is 0 Å². The summed E-state index contributed by atoms with van der Waals surface area (Å²) in [6.45, 7) is 3.68. The molecular weight excluding hydrogens is 467 g/mol. The number of carbonyl (C=O) groups excluding carboxylic acids is 1. The summed E-state index contributed by atoms with van der Waals surface area (Å²) in [6.07, 6.45) is 0. The highest BCUT2D eigenvalue weighted by atomic mass is 35.5. The summed E-state index contributed by atoms with van der Waals surface area (Å²) in [7, 11) is 1.52. The monoisotopic (exact) mass is 488 g/mol. The van der Waals surface area contributed by atoms with Crippen LogP contribution in [0.1, 0.15) is 35.2 Å². The number of hydrogen-bond donors (Lipinski definition) is 3. The molecule has 8 nitrogen and oxygen atoms in total. The maximum absolute atomic E-state index is 12.6. The number of aromatic amines is 2. The quantitative estimate of drug-likeness (QED) is 0.463. The predicted octanol–water partition coefficient (Wildman–Crippen LogP) is 4.16. The molecule has 2 atom stereocenters. The van der Waals surface area contributed by atoms with Crippen LogP contribution >= 0.6 is 23.2 Å². The number of H-pyrrole nitrogens is 2. The van der Waals surface area contributed by atoms with Gasteiger partial charge in [0.25, 0.3) is 5.56 Å². The van der Waals surface area contributed by atoms with E-state index in [0.29, 0.717) is 49.6 Å². The zero-order valence-corrected chi connectivity index (χ0v) is 19.7. The Balaban J connectivity index is 1.73. The Kier molecular flexibility index (Phi) is 6.49. The first-order chi connectivity index (χ1) is 15.8. The van der Waals surface area contributed by atoms with Crippen molar-refractivity contribution in [2.75, 3.05) is 7.11 Å². The molecule has 3 N–H and O–H groups in total. The molecule has 2 heterocycles. The van der Waals surface area contributed by atoms with Crippen LogP contribution < -0.4 is 20.5 Å². The molecule has 0 unspecified atom stereocenters. The molecule has 33 heavy (non-hydrogen) atoms. The molecule has 0 saturated heterocycles. The molecule has 0 bridgehead atoms. The highest BCUT2D eigenvalue weighted by Gasteiger charge is 2.39. The number of ether oxygens (including phenoxy) is 2. The number of carbonyl (C=O) groups is 1. The van der Waals surface area contributed by atoms with Gasteiger partial charge in [0, 0.05) is 38.5 Å². The van der Waals surface area contributed by atoms with E-state index < -0.39 is 11.8 Å². The minimum Gasteiger partial charge on any atom is -0.493 e. The van der Waals surface area contributed by atoms with E-state index in [4.69, 9.17) is 32.7 Å². The third-order valence-corrected chi connectivity index (χ3v) is 6.42. The molecule has 1 aliphatic heterocycles. The molecule has 0 fully saturated rings. The zero-order valence-electron chi connectivity index (χ0n) is 18.2. The second-order valence-corrected chi connectivity index (χ2v) is 8.52. The van der Waals surface area contributed by atoms with Gasteiger partial charge in [-0.2, -0.15) is 5.10 Å². The van der Waals surface area contributed by atoms with E-state index in [1.807, 2.05) is 6.07 Å². The van der Waals surface area contributed by atoms with Crippen LogP contribution in [-0.2, 0) is 11.4 Å². The van der Waals surface area contributed by atoms with E-state index in [1.54, 1.807) is 44.2 Å². The lowest BCUT2D eigenvalue weighted by Gasteiger charge is -2.23. The summed E-state index contributed by atoms with van der Waals surface area (Å²) in [6, 6.07) is 10.6. The second kappa shape index (κ2) is 9.33. The van der Waals surface area contributed by atoms with Crippen LogP contribution in [0.3, 0.4) is 0 Å². The minimum absolute atomic E-state index is 0.144. The van der Waals surface area contributed by atoms with E-state index >= 15 is 0 Å². The highest BCUT2D eigenvalue weighted by molar-refractivity contribution is 6.35. The average molecular weight is 489 g/mol. The third-order valence-electron chi connectivity index (χ3n) is 5.71. The molecule has 4 rings (SSSR count). The summed E-state index contributed by atoms with van der Waals surface area (Å²) in [4.78, 5) is 25.3. The highest BCUT2D eigenvalue weighted by Crippen LogP contribution is 2.39. The van der Waals surface area contributed by atoms with Crippen LogP contribution in [0.25, 0.3) is 0 Å². The first kappa shape index (κ1) is 22.9. The Morgan fingerprint density at radius 2 is 1.79 bits per heavy atom. The average Bonchev–Trinajstić information content (AvgIpc) is 3.30. The molecule has 3 aromatic rings. The summed E-state index contributed by atoms with van der Waals surface area (Å²) in [5.41, 5.74) is 5.28. The van der Waals surface area contributed by atoms with Gasteiger partial charge in [-0.3, -0.25) is 14.7 Å². The largest absolute Gasteiger partial charge is 0.493 e. The van der Waals surface area contributed by atoms with Crippen molar-refractivity contribution >= 4 is 34.8 Å². The molecule has 0 aliphatic carbocycles. The molecule has 0 spiro atoms. The van der Waals surface area contributed by atoms with Gasteiger partial charge in [-0.05, 0) is 43.7 Å². The first-order valence-electron chi connectivity index (χ1n) is 10.2. The van der Waals surface area contributed by atoms with Gasteiger partial charge in [0.1, 0.15) is 6.61 Å². The van der Waals surface area contributed by atoms with Gasteiger partial charge in [-0.1, -0.05) is 35.3 Å². The lowest BCUT2D eigenvalue weighted by molar-refractivity contribution is -0.122. The van der Waals surface area contributed by atoms with Crippen molar-refractivity contribution in [1.82, 2.24) is 15.6 Å². The smallest absolute Gasteiger partial charge is 0.267 e. The number of rotatable bonds is 7. The van der Waals surface area contributed by atoms with E-state index in [-0.39, 0.29) is 18.1 Å². The predicted molar refractivity (Wildman–Crippen MR) is 127 cm³/mol. The third kappa shape index (κ3) is 4.36. The summed E-state index contributed by atoms with van der Waals surface area (Å²) in [5, 5.41) is 10.5. The van der Waals surface area contributed by atoms with Crippen LogP contribution in [0.4, 0.5) is 0 Å². The van der Waals surface area contributed by atoms with Gasteiger partial charge >= 0.3 is 0 Å². The fourth-order valence-corrected chi connectivity index (χ4v) is 4.54. The molecule has 1 aliphatic rings. The van der Waals surface area contributed by atoms with Crippen molar-refractivity contribution in [2.45, 2.75) is 26.4 Å². The number of amides is 1. The number of hydrazone groups is 1. The summed E-state index contributed by atoms with van der Waals surface area (Å²) < 4.78 is 11.5. The van der Waals surface area contributed by atoms with Gasteiger partial charge in [0.2, 0.25) is 5.91 Å². The van der Waals surface area contributed by atoms with Crippen LogP contribution in [0.15, 0.2) is 46.3 Å². The number of halogens is 2. The Morgan fingerprint density at radius 1 is 1.06 bits per heavy atom. The lowest BCUT2D eigenvalue weighted by atomic mass is 9.78. The molecule has 0 radical (unpaired) electrons. The first-order valence-corrected chi connectivity index (χ1v) is 10.9. The van der Waals surface area contributed by atoms with Crippen LogP contribution in [0.5, 0.6) is 11.5 Å². The van der Waals surface area contributed by atoms with Crippen molar-refractivity contribution in [3.8, 4) is 11.5 Å². The van der Waals surface area contributed by atoms with E-state index in [1.165, 1.54) is 7.11 Å². The molecular formula is C23H22Cl2N4O4. The zero-order chi connectivity index (χ0) is 23.7. The summed E-state index contributed by atoms with van der Waals surface area (Å²) >= 11 is 12.5. The maximum Gasteiger partial charge on any atom is 0.267 e. The Labute approximate surface area is 199 Å². The fourth-order valence-electron chi connectivity index (χ4n) is 4.04. The molecule has 172 valence electrons. The van der Waals surface area contributed by atoms with Gasteiger partial charge in [0.05, 0.1) is 13.0 Å². The molecule has 1 amide bonds. The molecule has 2 aromatic carbocycles. The maximum atomic E-state index is 12.6. The SMILES string of the molecule is COc1cc([C@H](c2c(C)[nH][nH]c2=O)[C@@H]2C(=O)NN=C2C)ccc1OCc1c(Cl)cccc1Cl. The normalized spacial score (nSPS) is 16.3. The number of benzene rings is 2. The Hall–Kier alpha value is -3.23. The van der Waals surface area contributed by atoms with E-state index in [0.717, 1.165) is 0 Å². The lowest BCUT2D eigenvalue weighted by Crippen LogP contribution is -2.31. The van der Waals surface area contributed by atoms with Gasteiger partial charge in [0.15, 0.2) is 11.5 Å². The number of nitrogens with one attached hydrogen (secondary N) is 3. The number of nitrogens with zero attached hydrogens (tertiary/aromatic N) is 1. The number of methoxy groups -OCH3 is 1. The number of hydrogen-bond acceptors (Lipinski definition) is 5. The van der Waals surface area contributed by atoms with E-state index in [9.17, 15) is 9.59 Å². The second-order valence-electron chi connectivity index (χ2n) is 7.70. The van der Waals surface area contributed by atoms with Crippen LogP contribution in [0, 0.1) is 12.8 Å². The number of aryl methyl sites for hydroxylation is 1. The minimum atomic E-state index is -0.640. The van der Waals surface area contributed by atoms with Crippen molar-refractivity contribution in [2.24, 2.45) is 11.0 Å². The Morgan fingerprint density at radius 3 is 2.36 bits per heavy atom. The van der Waals surface area contributed by atoms with Gasteiger partial charge in [-0.15, -0.1) is 0 Å². The number of aromatic nitrogens is 2. The van der Waals surface area contributed by atoms with Crippen LogP contribution in [0.2, 0.25) is 10.0 Å². The van der Waals surface area contributed by atoms with Crippen LogP contribution in [-0.4, -0.2) is 28.9 Å². The van der Waals surface area contributed by atoms with Gasteiger partial charge < -0.3 is 14.6 Å². The van der Waals surface area contributed by atoms with Gasteiger partial charge in [-0.25, -0.2) is 5.43 Å². The van der Waals surface area contributed by atoms with Crippen molar-refractivity contribution in [3.05, 3.63) is 79.2 Å². The molecule has 1 aromatic heterocycles. The fraction of sp³-hybridized carbons (Fsp3) is 0.261. The Bertz CT molecular complexity index is 1280. The molecule has 0 saturated carbocycles.